The maximum Gasteiger partial charge on any atom is 0.147 e. The van der Waals surface area contributed by atoms with Gasteiger partial charge >= 0.3 is 0 Å². The molecule has 0 fully saturated rings. The van der Waals surface area contributed by atoms with Crippen LogP contribution in [0.2, 0.25) is 0 Å². The molecule has 0 saturated heterocycles. The van der Waals surface area contributed by atoms with Crippen molar-refractivity contribution in [1.29, 1.82) is 0 Å². The molecule has 1 aromatic heterocycles. The van der Waals surface area contributed by atoms with Crippen LogP contribution in [0.5, 0.6) is 0 Å². The molecule has 1 heterocycles. The summed E-state index contributed by atoms with van der Waals surface area (Å²) in [6.07, 6.45) is 1.98. The highest BCUT2D eigenvalue weighted by atomic mass is 32.1. The van der Waals surface area contributed by atoms with Crippen LogP contribution in [0.1, 0.15) is 25.3 Å². The van der Waals surface area contributed by atoms with Gasteiger partial charge in [-0.2, -0.15) is 0 Å². The highest BCUT2D eigenvalue weighted by molar-refractivity contribution is 7.14. The van der Waals surface area contributed by atoms with Gasteiger partial charge in [0.25, 0.3) is 0 Å². The van der Waals surface area contributed by atoms with E-state index in [1.807, 2.05) is 0 Å². The lowest BCUT2D eigenvalue weighted by Gasteiger charge is -2.05. The number of nitrogens with one attached hydrogen (secondary N) is 1. The molecular weight excluding hydrogens is 261 g/mol. The summed E-state index contributed by atoms with van der Waals surface area (Å²) < 4.78 is 12.8. The average Bonchev–Trinajstić information content (AvgIpc) is 2.84. The zero-order valence-electron chi connectivity index (χ0n) is 11.2. The Labute approximate surface area is 116 Å². The summed E-state index contributed by atoms with van der Waals surface area (Å²) in [5.74, 6) is -0.228. The molecule has 102 valence electrons. The largest absolute Gasteiger partial charge is 0.315 e. The van der Waals surface area contributed by atoms with Gasteiger partial charge in [-0.3, -0.25) is 0 Å². The Hall–Kier alpha value is -1.33. The van der Waals surface area contributed by atoms with Gasteiger partial charge in [0.05, 0.1) is 0 Å². The van der Waals surface area contributed by atoms with Crippen molar-refractivity contribution in [3.05, 3.63) is 35.1 Å². The fraction of sp³-hybridized carbons (Fsp3) is 0.429. The number of halogens is 1. The van der Waals surface area contributed by atoms with E-state index in [-0.39, 0.29) is 5.82 Å². The molecule has 2 rings (SSSR count). The van der Waals surface area contributed by atoms with Gasteiger partial charge in [-0.1, -0.05) is 25.2 Å². The van der Waals surface area contributed by atoms with Gasteiger partial charge in [0.1, 0.15) is 15.8 Å². The first-order valence-electron chi connectivity index (χ1n) is 6.47. The van der Waals surface area contributed by atoms with Crippen molar-refractivity contribution >= 4 is 11.3 Å². The minimum absolute atomic E-state index is 0.228. The number of aryl methyl sites for hydroxylation is 1. The smallest absolute Gasteiger partial charge is 0.147 e. The van der Waals surface area contributed by atoms with E-state index < -0.39 is 0 Å². The molecule has 0 atom stereocenters. The van der Waals surface area contributed by atoms with E-state index in [1.54, 1.807) is 23.5 Å². The summed E-state index contributed by atoms with van der Waals surface area (Å²) in [5, 5.41) is 13.6. The minimum atomic E-state index is -0.228. The molecule has 0 radical (unpaired) electrons. The first-order valence-corrected chi connectivity index (χ1v) is 7.28. The van der Waals surface area contributed by atoms with E-state index in [4.69, 9.17) is 0 Å². The number of nitrogens with zero attached hydrogens (tertiary/aromatic N) is 2. The molecule has 0 unspecified atom stereocenters. The second kappa shape index (κ2) is 6.73. The number of hydrogen-bond acceptors (Lipinski definition) is 4. The number of aromatic nitrogens is 2. The Morgan fingerprint density at radius 3 is 2.63 bits per heavy atom. The molecule has 1 N–H and O–H groups in total. The van der Waals surface area contributed by atoms with Gasteiger partial charge in [0.2, 0.25) is 0 Å². The predicted molar refractivity (Wildman–Crippen MR) is 76.8 cm³/mol. The van der Waals surface area contributed by atoms with Crippen LogP contribution in [0.4, 0.5) is 4.39 Å². The minimum Gasteiger partial charge on any atom is -0.315 e. The fourth-order valence-corrected chi connectivity index (χ4v) is 2.58. The van der Waals surface area contributed by atoms with Gasteiger partial charge in [-0.05, 0) is 37.2 Å². The van der Waals surface area contributed by atoms with E-state index in [2.05, 4.69) is 29.4 Å². The van der Waals surface area contributed by atoms with Gasteiger partial charge in [0.15, 0.2) is 0 Å². The van der Waals surface area contributed by atoms with Crippen molar-refractivity contribution in [3.8, 4) is 10.6 Å². The Balaban J connectivity index is 1.90. The van der Waals surface area contributed by atoms with E-state index >= 15 is 0 Å². The van der Waals surface area contributed by atoms with Crippen LogP contribution in [0, 0.1) is 5.82 Å². The molecule has 2 aromatic rings. The van der Waals surface area contributed by atoms with Crippen molar-refractivity contribution in [2.24, 2.45) is 0 Å². The van der Waals surface area contributed by atoms with Crippen LogP contribution in [-0.2, 0) is 6.42 Å². The summed E-state index contributed by atoms with van der Waals surface area (Å²) >= 11 is 1.58. The first-order chi connectivity index (χ1) is 9.15. The fourth-order valence-electron chi connectivity index (χ4n) is 1.69. The highest BCUT2D eigenvalue weighted by Gasteiger charge is 2.06. The number of hydrogen-bond donors (Lipinski definition) is 1. The summed E-state index contributed by atoms with van der Waals surface area (Å²) in [6, 6.07) is 6.88. The second-order valence-corrected chi connectivity index (χ2v) is 5.78. The lowest BCUT2D eigenvalue weighted by Crippen LogP contribution is -2.23. The Morgan fingerprint density at radius 2 is 1.95 bits per heavy atom. The van der Waals surface area contributed by atoms with Crippen molar-refractivity contribution in [3.63, 3.8) is 0 Å². The van der Waals surface area contributed by atoms with Crippen LogP contribution in [0.25, 0.3) is 10.6 Å². The topological polar surface area (TPSA) is 37.8 Å². The van der Waals surface area contributed by atoms with Crippen molar-refractivity contribution in [2.45, 2.75) is 32.7 Å². The molecule has 0 bridgehead atoms. The van der Waals surface area contributed by atoms with Gasteiger partial charge in [0, 0.05) is 18.0 Å². The quantitative estimate of drug-likeness (QED) is 0.825. The predicted octanol–water partition coefficient (Wildman–Crippen LogP) is 3.27. The SMILES string of the molecule is CC(C)NCCCc1nnc(-c2ccc(F)cc2)s1. The van der Waals surface area contributed by atoms with E-state index in [0.717, 1.165) is 35.0 Å². The van der Waals surface area contributed by atoms with E-state index in [9.17, 15) is 4.39 Å². The normalized spacial score (nSPS) is 11.2. The summed E-state index contributed by atoms with van der Waals surface area (Å²) in [7, 11) is 0. The van der Waals surface area contributed by atoms with Crippen molar-refractivity contribution in [1.82, 2.24) is 15.5 Å². The summed E-state index contributed by atoms with van der Waals surface area (Å²) in [4.78, 5) is 0. The third-order valence-corrected chi connectivity index (χ3v) is 3.71. The van der Waals surface area contributed by atoms with Crippen LogP contribution < -0.4 is 5.32 Å². The zero-order chi connectivity index (χ0) is 13.7. The molecule has 0 saturated carbocycles. The van der Waals surface area contributed by atoms with Crippen molar-refractivity contribution < 1.29 is 4.39 Å². The number of benzene rings is 1. The van der Waals surface area contributed by atoms with Crippen LogP contribution in [0.3, 0.4) is 0 Å². The summed E-state index contributed by atoms with van der Waals surface area (Å²) in [6.45, 7) is 5.26. The van der Waals surface area contributed by atoms with Crippen molar-refractivity contribution in [2.75, 3.05) is 6.54 Å². The highest BCUT2D eigenvalue weighted by Crippen LogP contribution is 2.24. The van der Waals surface area contributed by atoms with Gasteiger partial charge in [-0.25, -0.2) is 4.39 Å². The Morgan fingerprint density at radius 1 is 1.21 bits per heavy atom. The Kier molecular flexibility index (Phi) is 4.99. The van der Waals surface area contributed by atoms with Gasteiger partial charge < -0.3 is 5.32 Å². The second-order valence-electron chi connectivity index (χ2n) is 4.72. The third kappa shape index (κ3) is 4.36. The Bertz CT molecular complexity index is 508. The summed E-state index contributed by atoms with van der Waals surface area (Å²) in [5.41, 5.74) is 0.922. The maximum atomic E-state index is 12.8. The molecule has 0 spiro atoms. The van der Waals surface area contributed by atoms with Crippen LogP contribution in [0.15, 0.2) is 24.3 Å². The van der Waals surface area contributed by atoms with E-state index in [0.29, 0.717) is 6.04 Å². The molecule has 0 amide bonds. The lowest BCUT2D eigenvalue weighted by molar-refractivity contribution is 0.569. The zero-order valence-corrected chi connectivity index (χ0v) is 12.0. The van der Waals surface area contributed by atoms with Crippen LogP contribution in [-0.4, -0.2) is 22.8 Å². The first kappa shape index (κ1) is 14.1. The monoisotopic (exact) mass is 279 g/mol. The maximum absolute atomic E-state index is 12.8. The lowest BCUT2D eigenvalue weighted by atomic mass is 10.2. The number of rotatable bonds is 6. The molecular formula is C14H18FN3S. The van der Waals surface area contributed by atoms with Crippen LogP contribution >= 0.6 is 11.3 Å². The molecule has 0 aliphatic heterocycles. The molecule has 0 aliphatic carbocycles. The standard InChI is InChI=1S/C14H18FN3S/c1-10(2)16-9-3-4-13-17-18-14(19-13)11-5-7-12(15)8-6-11/h5-8,10,16H,3-4,9H2,1-2H3. The third-order valence-electron chi connectivity index (χ3n) is 2.68. The molecule has 3 nitrogen and oxygen atoms in total. The molecule has 19 heavy (non-hydrogen) atoms. The average molecular weight is 279 g/mol. The van der Waals surface area contributed by atoms with Gasteiger partial charge in [-0.15, -0.1) is 10.2 Å². The molecule has 1 aromatic carbocycles. The molecule has 0 aliphatic rings. The van der Waals surface area contributed by atoms with E-state index in [1.165, 1.54) is 12.1 Å². The molecule has 5 heteroatoms.